The van der Waals surface area contributed by atoms with Crippen LogP contribution in [-0.2, 0) is 16.1 Å². The van der Waals surface area contributed by atoms with E-state index in [2.05, 4.69) is 5.32 Å². The average Bonchev–Trinajstić information content (AvgIpc) is 2.38. The molecule has 0 aliphatic rings. The smallest absolute Gasteiger partial charge is 0.315 e. The number of aliphatic carboxylic acids is 1. The molecule has 0 spiro atoms. The van der Waals surface area contributed by atoms with Crippen LogP contribution in [0.1, 0.15) is 23.6 Å². The Bertz CT molecular complexity index is 496. The lowest BCUT2D eigenvalue weighted by Gasteiger charge is -2.13. The maximum Gasteiger partial charge on any atom is 0.315 e. The van der Waals surface area contributed by atoms with Crippen molar-refractivity contribution >= 4 is 11.9 Å². The SMILES string of the molecule is COc1cc(C)c(C)cc1CNC(=O)C(C)C(=O)O. The Hall–Kier alpha value is -2.04. The molecule has 0 heterocycles. The van der Waals surface area contributed by atoms with Gasteiger partial charge in [0.05, 0.1) is 7.11 Å². The molecule has 5 heteroatoms. The first kappa shape index (κ1) is 15.0. The average molecular weight is 265 g/mol. The lowest BCUT2D eigenvalue weighted by Crippen LogP contribution is -2.33. The van der Waals surface area contributed by atoms with Gasteiger partial charge in [0.15, 0.2) is 0 Å². The lowest BCUT2D eigenvalue weighted by molar-refractivity contribution is -0.146. The minimum absolute atomic E-state index is 0.251. The molecule has 0 aliphatic carbocycles. The standard InChI is InChI=1S/C14H19NO4/c1-8-5-11(12(19-4)6-9(8)2)7-15-13(16)10(3)14(17)18/h5-6,10H,7H2,1-4H3,(H,15,16)(H,17,18). The number of carboxylic acids is 1. The third kappa shape index (κ3) is 3.71. The number of aryl methyl sites for hydroxylation is 2. The Morgan fingerprint density at radius 2 is 1.89 bits per heavy atom. The highest BCUT2D eigenvalue weighted by molar-refractivity contribution is 5.96. The van der Waals surface area contributed by atoms with Crippen LogP contribution in [0.4, 0.5) is 0 Å². The maximum atomic E-state index is 11.6. The molecule has 19 heavy (non-hydrogen) atoms. The van der Waals surface area contributed by atoms with Crippen LogP contribution in [0.5, 0.6) is 5.75 Å². The van der Waals surface area contributed by atoms with Crippen molar-refractivity contribution in [2.75, 3.05) is 7.11 Å². The normalized spacial score (nSPS) is 11.8. The minimum atomic E-state index is -1.13. The molecule has 5 nitrogen and oxygen atoms in total. The largest absolute Gasteiger partial charge is 0.496 e. The van der Waals surface area contributed by atoms with Crippen LogP contribution in [0.3, 0.4) is 0 Å². The summed E-state index contributed by atoms with van der Waals surface area (Å²) in [4.78, 5) is 22.3. The van der Waals surface area contributed by atoms with Gasteiger partial charge in [0.1, 0.15) is 11.7 Å². The molecular formula is C14H19NO4. The van der Waals surface area contributed by atoms with Crippen molar-refractivity contribution in [2.24, 2.45) is 5.92 Å². The van der Waals surface area contributed by atoms with E-state index in [4.69, 9.17) is 9.84 Å². The van der Waals surface area contributed by atoms with E-state index in [0.717, 1.165) is 16.7 Å². The topological polar surface area (TPSA) is 75.6 Å². The van der Waals surface area contributed by atoms with Gasteiger partial charge >= 0.3 is 5.97 Å². The summed E-state index contributed by atoms with van der Waals surface area (Å²) in [6, 6.07) is 3.83. The van der Waals surface area contributed by atoms with Gasteiger partial charge in [-0.05, 0) is 38.0 Å². The highest BCUT2D eigenvalue weighted by Gasteiger charge is 2.20. The number of carboxylic acid groups (broad SMARTS) is 1. The summed E-state index contributed by atoms with van der Waals surface area (Å²) in [7, 11) is 1.56. The number of methoxy groups -OCH3 is 1. The van der Waals surface area contributed by atoms with Crippen molar-refractivity contribution in [3.05, 3.63) is 28.8 Å². The van der Waals surface area contributed by atoms with E-state index in [1.54, 1.807) is 7.11 Å². The van der Waals surface area contributed by atoms with E-state index < -0.39 is 17.8 Å². The van der Waals surface area contributed by atoms with E-state index in [1.807, 2.05) is 26.0 Å². The third-order valence-electron chi connectivity index (χ3n) is 3.11. The van der Waals surface area contributed by atoms with Crippen LogP contribution in [0.15, 0.2) is 12.1 Å². The predicted octanol–water partition coefficient (Wildman–Crippen LogP) is 1.65. The van der Waals surface area contributed by atoms with Gasteiger partial charge in [-0.25, -0.2) is 0 Å². The van der Waals surface area contributed by atoms with Crippen molar-refractivity contribution < 1.29 is 19.4 Å². The van der Waals surface area contributed by atoms with Crippen molar-refractivity contribution in [2.45, 2.75) is 27.3 Å². The highest BCUT2D eigenvalue weighted by Crippen LogP contribution is 2.22. The molecule has 104 valence electrons. The fourth-order valence-corrected chi connectivity index (χ4v) is 1.63. The first-order chi connectivity index (χ1) is 8.86. The molecule has 1 amide bonds. The Balaban J connectivity index is 2.80. The maximum absolute atomic E-state index is 11.6. The number of benzene rings is 1. The molecule has 0 radical (unpaired) electrons. The number of hydrogen-bond donors (Lipinski definition) is 2. The van der Waals surface area contributed by atoms with Gasteiger partial charge in [0.25, 0.3) is 0 Å². The summed E-state index contributed by atoms with van der Waals surface area (Å²) in [5.74, 6) is -2.01. The second kappa shape index (κ2) is 6.22. The second-order valence-electron chi connectivity index (χ2n) is 4.53. The predicted molar refractivity (Wildman–Crippen MR) is 71.1 cm³/mol. The Morgan fingerprint density at radius 1 is 1.32 bits per heavy atom. The van der Waals surface area contributed by atoms with Crippen LogP contribution in [0.2, 0.25) is 0 Å². The van der Waals surface area contributed by atoms with E-state index >= 15 is 0 Å². The molecule has 0 fully saturated rings. The zero-order chi connectivity index (χ0) is 14.6. The number of ether oxygens (including phenoxy) is 1. The van der Waals surface area contributed by atoms with E-state index in [0.29, 0.717) is 5.75 Å². The molecule has 1 aromatic carbocycles. The highest BCUT2D eigenvalue weighted by atomic mass is 16.5. The molecule has 0 saturated carbocycles. The Kier molecular flexibility index (Phi) is 4.92. The first-order valence-electron chi connectivity index (χ1n) is 6.01. The van der Waals surface area contributed by atoms with Crippen molar-refractivity contribution in [1.82, 2.24) is 5.32 Å². The van der Waals surface area contributed by atoms with E-state index in [1.165, 1.54) is 6.92 Å². The van der Waals surface area contributed by atoms with Gasteiger partial charge in [-0.1, -0.05) is 6.07 Å². The number of amides is 1. The Morgan fingerprint density at radius 3 is 2.42 bits per heavy atom. The molecular weight excluding hydrogens is 246 g/mol. The zero-order valence-electron chi connectivity index (χ0n) is 11.6. The second-order valence-corrected chi connectivity index (χ2v) is 4.53. The summed E-state index contributed by atoms with van der Waals surface area (Å²) in [5, 5.41) is 11.3. The first-order valence-corrected chi connectivity index (χ1v) is 6.01. The molecule has 1 unspecified atom stereocenters. The van der Waals surface area contributed by atoms with Gasteiger partial charge in [-0.2, -0.15) is 0 Å². The molecule has 1 atom stereocenters. The van der Waals surface area contributed by atoms with Gasteiger partial charge < -0.3 is 15.2 Å². The molecule has 0 bridgehead atoms. The van der Waals surface area contributed by atoms with Crippen LogP contribution in [0.25, 0.3) is 0 Å². The van der Waals surface area contributed by atoms with Crippen molar-refractivity contribution in [3.8, 4) is 5.75 Å². The quantitative estimate of drug-likeness (QED) is 0.794. The fourth-order valence-electron chi connectivity index (χ4n) is 1.63. The third-order valence-corrected chi connectivity index (χ3v) is 3.11. The fraction of sp³-hybridized carbons (Fsp3) is 0.429. The van der Waals surface area contributed by atoms with Crippen LogP contribution < -0.4 is 10.1 Å². The molecule has 1 aromatic rings. The van der Waals surface area contributed by atoms with Gasteiger partial charge in [-0.3, -0.25) is 9.59 Å². The molecule has 0 saturated heterocycles. The van der Waals surface area contributed by atoms with Crippen molar-refractivity contribution in [1.29, 1.82) is 0 Å². The number of hydrogen-bond acceptors (Lipinski definition) is 3. The van der Waals surface area contributed by atoms with Gasteiger partial charge in [0, 0.05) is 12.1 Å². The lowest BCUT2D eigenvalue weighted by atomic mass is 10.0. The van der Waals surface area contributed by atoms with Crippen LogP contribution >= 0.6 is 0 Å². The van der Waals surface area contributed by atoms with Crippen LogP contribution in [0, 0.1) is 19.8 Å². The van der Waals surface area contributed by atoms with E-state index in [9.17, 15) is 9.59 Å². The summed E-state index contributed by atoms with van der Waals surface area (Å²) in [6.07, 6.45) is 0. The molecule has 1 rings (SSSR count). The molecule has 2 N–H and O–H groups in total. The number of carbonyl (C=O) groups excluding carboxylic acids is 1. The zero-order valence-corrected chi connectivity index (χ0v) is 11.6. The Labute approximate surface area is 112 Å². The van der Waals surface area contributed by atoms with Crippen molar-refractivity contribution in [3.63, 3.8) is 0 Å². The monoisotopic (exact) mass is 265 g/mol. The minimum Gasteiger partial charge on any atom is -0.496 e. The van der Waals surface area contributed by atoms with E-state index in [-0.39, 0.29) is 6.54 Å². The summed E-state index contributed by atoms with van der Waals surface area (Å²) >= 11 is 0. The summed E-state index contributed by atoms with van der Waals surface area (Å²) < 4.78 is 5.25. The number of rotatable bonds is 5. The summed E-state index contributed by atoms with van der Waals surface area (Å²) in [6.45, 7) is 5.56. The van der Waals surface area contributed by atoms with Gasteiger partial charge in [0.2, 0.25) is 5.91 Å². The summed E-state index contributed by atoms with van der Waals surface area (Å²) in [5.41, 5.74) is 3.03. The van der Waals surface area contributed by atoms with Crippen LogP contribution in [-0.4, -0.2) is 24.1 Å². The number of carbonyl (C=O) groups is 2. The van der Waals surface area contributed by atoms with Gasteiger partial charge in [-0.15, -0.1) is 0 Å². The number of nitrogens with one attached hydrogen (secondary N) is 1. The molecule has 0 aromatic heterocycles. The molecule has 0 aliphatic heterocycles.